The van der Waals surface area contributed by atoms with Crippen molar-refractivity contribution in [1.82, 2.24) is 10.3 Å². The molecule has 0 saturated heterocycles. The van der Waals surface area contributed by atoms with E-state index in [1.807, 2.05) is 7.05 Å². The third-order valence-corrected chi connectivity index (χ3v) is 5.08. The molecule has 3 nitrogen and oxygen atoms in total. The summed E-state index contributed by atoms with van der Waals surface area (Å²) >= 11 is 1.39. The molecule has 0 aromatic carbocycles. The summed E-state index contributed by atoms with van der Waals surface area (Å²) in [5.41, 5.74) is 1.07. The second-order valence-corrected chi connectivity index (χ2v) is 7.33. The molecule has 0 aliphatic heterocycles. The van der Waals surface area contributed by atoms with Gasteiger partial charge in [-0.15, -0.1) is 0 Å². The van der Waals surface area contributed by atoms with Crippen molar-refractivity contribution in [2.45, 2.75) is 45.8 Å². The Morgan fingerprint density at radius 1 is 1.43 bits per heavy atom. The van der Waals surface area contributed by atoms with E-state index in [1.165, 1.54) is 16.2 Å². The molecule has 1 aliphatic rings. The van der Waals surface area contributed by atoms with Gasteiger partial charge >= 0.3 is 6.18 Å². The van der Waals surface area contributed by atoms with E-state index in [9.17, 15) is 13.2 Å². The predicted molar refractivity (Wildman–Crippen MR) is 80.0 cm³/mol. The number of anilines is 1. The minimum absolute atomic E-state index is 0.118. The van der Waals surface area contributed by atoms with Crippen LogP contribution < -0.4 is 10.2 Å². The predicted octanol–water partition coefficient (Wildman–Crippen LogP) is 3.76. The van der Waals surface area contributed by atoms with E-state index in [0.717, 1.165) is 23.4 Å². The molecule has 0 amide bonds. The summed E-state index contributed by atoms with van der Waals surface area (Å²) in [6.07, 6.45) is -2.41. The zero-order valence-corrected chi connectivity index (χ0v) is 13.7. The molecule has 0 saturated carbocycles. The number of halogens is 3. The topological polar surface area (TPSA) is 28.2 Å². The summed E-state index contributed by atoms with van der Waals surface area (Å²) in [7, 11) is 1.89. The van der Waals surface area contributed by atoms with Gasteiger partial charge in [0.1, 0.15) is 6.54 Å². The lowest BCUT2D eigenvalue weighted by molar-refractivity contribution is -0.119. The van der Waals surface area contributed by atoms with Crippen molar-refractivity contribution in [2.24, 2.45) is 5.41 Å². The highest BCUT2D eigenvalue weighted by molar-refractivity contribution is 7.15. The average Bonchev–Trinajstić information content (AvgIpc) is 2.75. The first-order chi connectivity index (χ1) is 9.65. The van der Waals surface area contributed by atoms with Gasteiger partial charge in [0.25, 0.3) is 0 Å². The lowest BCUT2D eigenvalue weighted by Crippen LogP contribution is -2.34. The minimum atomic E-state index is -4.20. The molecule has 0 spiro atoms. The van der Waals surface area contributed by atoms with E-state index < -0.39 is 12.7 Å². The van der Waals surface area contributed by atoms with E-state index >= 15 is 0 Å². The highest BCUT2D eigenvalue weighted by Gasteiger charge is 2.36. The van der Waals surface area contributed by atoms with Gasteiger partial charge in [-0.25, -0.2) is 4.98 Å². The number of nitrogens with zero attached hydrogens (tertiary/aromatic N) is 2. The quantitative estimate of drug-likeness (QED) is 0.915. The molecule has 0 fully saturated rings. The maximum atomic E-state index is 12.7. The monoisotopic (exact) mass is 321 g/mol. The van der Waals surface area contributed by atoms with Crippen molar-refractivity contribution in [3.05, 3.63) is 10.6 Å². The summed E-state index contributed by atoms with van der Waals surface area (Å²) in [6.45, 7) is 5.44. The molecule has 2 rings (SSSR count). The van der Waals surface area contributed by atoms with Gasteiger partial charge in [-0.05, 0) is 32.2 Å². The highest BCUT2D eigenvalue weighted by Crippen LogP contribution is 2.44. The number of fused-ring (bicyclic) bond motifs is 1. The van der Waals surface area contributed by atoms with E-state index in [2.05, 4.69) is 24.1 Å². The number of alkyl halides is 3. The summed E-state index contributed by atoms with van der Waals surface area (Å²) in [6, 6.07) is 0.180. The van der Waals surface area contributed by atoms with Crippen LogP contribution in [0.1, 0.15) is 43.8 Å². The standard InChI is InChI=1S/C14H22F3N3S/c1-5-20(8-14(15,16)17)12-19-10-7-13(2,3)6-9(18-4)11(10)21-12/h9,18H,5-8H2,1-4H3. The molecule has 21 heavy (non-hydrogen) atoms. The molecule has 1 aliphatic carbocycles. The molecule has 1 atom stereocenters. The first kappa shape index (κ1) is 16.5. The Hall–Kier alpha value is -0.820. The second-order valence-electron chi connectivity index (χ2n) is 6.32. The molecule has 1 heterocycles. The number of nitrogens with one attached hydrogen (secondary N) is 1. The van der Waals surface area contributed by atoms with Crippen LogP contribution in [0, 0.1) is 5.41 Å². The Morgan fingerprint density at radius 2 is 2.10 bits per heavy atom. The van der Waals surface area contributed by atoms with Crippen LogP contribution >= 0.6 is 11.3 Å². The Morgan fingerprint density at radius 3 is 2.62 bits per heavy atom. The van der Waals surface area contributed by atoms with Crippen LogP contribution in [-0.4, -0.2) is 31.3 Å². The third kappa shape index (κ3) is 3.88. The zero-order chi connectivity index (χ0) is 15.8. The molecule has 7 heteroatoms. The highest BCUT2D eigenvalue weighted by atomic mass is 32.1. The number of rotatable bonds is 4. The SMILES string of the molecule is CCN(CC(F)(F)F)c1nc2c(s1)C(NC)CC(C)(C)C2. The Bertz CT molecular complexity index is 496. The van der Waals surface area contributed by atoms with Crippen LogP contribution in [0.3, 0.4) is 0 Å². The van der Waals surface area contributed by atoms with Crippen LogP contribution in [-0.2, 0) is 6.42 Å². The summed E-state index contributed by atoms with van der Waals surface area (Å²) in [5.74, 6) is 0. The summed E-state index contributed by atoms with van der Waals surface area (Å²) in [4.78, 5) is 6.90. The summed E-state index contributed by atoms with van der Waals surface area (Å²) in [5, 5.41) is 3.75. The van der Waals surface area contributed by atoms with Crippen LogP contribution in [0.15, 0.2) is 0 Å². The molecular formula is C14H22F3N3S. The first-order valence-corrected chi connectivity index (χ1v) is 7.95. The normalized spacial score (nSPS) is 21.2. The lowest BCUT2D eigenvalue weighted by atomic mass is 9.76. The van der Waals surface area contributed by atoms with Gasteiger partial charge in [-0.3, -0.25) is 0 Å². The van der Waals surface area contributed by atoms with E-state index in [1.54, 1.807) is 6.92 Å². The van der Waals surface area contributed by atoms with Gasteiger partial charge < -0.3 is 10.2 Å². The molecule has 1 unspecified atom stereocenters. The van der Waals surface area contributed by atoms with E-state index in [-0.39, 0.29) is 11.5 Å². The molecule has 1 N–H and O–H groups in total. The minimum Gasteiger partial charge on any atom is -0.339 e. The average molecular weight is 321 g/mol. The largest absolute Gasteiger partial charge is 0.406 e. The molecule has 120 valence electrons. The van der Waals surface area contributed by atoms with Crippen LogP contribution in [0.25, 0.3) is 0 Å². The van der Waals surface area contributed by atoms with Gasteiger partial charge in [-0.2, -0.15) is 13.2 Å². The summed E-state index contributed by atoms with van der Waals surface area (Å²) < 4.78 is 38.0. The zero-order valence-electron chi connectivity index (χ0n) is 12.8. The Balaban J connectivity index is 2.30. The fourth-order valence-electron chi connectivity index (χ4n) is 2.82. The number of thiazole rings is 1. The Labute approximate surface area is 127 Å². The fourth-order valence-corrected chi connectivity index (χ4v) is 4.07. The van der Waals surface area contributed by atoms with Crippen LogP contribution in [0.4, 0.5) is 18.3 Å². The van der Waals surface area contributed by atoms with Crippen molar-refractivity contribution >= 4 is 16.5 Å². The van der Waals surface area contributed by atoms with E-state index in [0.29, 0.717) is 11.7 Å². The van der Waals surface area contributed by atoms with Crippen LogP contribution in [0.5, 0.6) is 0 Å². The molecule has 1 aromatic heterocycles. The lowest BCUT2D eigenvalue weighted by Gasteiger charge is -2.34. The Kier molecular flexibility index (Phi) is 4.54. The third-order valence-electron chi connectivity index (χ3n) is 3.81. The molecule has 1 aromatic rings. The van der Waals surface area contributed by atoms with Crippen molar-refractivity contribution in [1.29, 1.82) is 0 Å². The maximum Gasteiger partial charge on any atom is 0.406 e. The van der Waals surface area contributed by atoms with Crippen molar-refractivity contribution < 1.29 is 13.2 Å². The fraction of sp³-hybridized carbons (Fsp3) is 0.786. The maximum absolute atomic E-state index is 12.7. The number of hydrogen-bond acceptors (Lipinski definition) is 4. The van der Waals surface area contributed by atoms with Gasteiger partial charge in [0, 0.05) is 17.5 Å². The smallest absolute Gasteiger partial charge is 0.339 e. The van der Waals surface area contributed by atoms with Gasteiger partial charge in [-0.1, -0.05) is 25.2 Å². The van der Waals surface area contributed by atoms with Gasteiger partial charge in [0.2, 0.25) is 0 Å². The van der Waals surface area contributed by atoms with Crippen molar-refractivity contribution in [3.8, 4) is 0 Å². The number of aromatic nitrogens is 1. The van der Waals surface area contributed by atoms with Gasteiger partial charge in [0.05, 0.1) is 5.69 Å². The second kappa shape index (κ2) is 5.76. The number of hydrogen-bond donors (Lipinski definition) is 1. The molecule has 0 bridgehead atoms. The first-order valence-electron chi connectivity index (χ1n) is 7.14. The van der Waals surface area contributed by atoms with E-state index in [4.69, 9.17) is 0 Å². The molecular weight excluding hydrogens is 299 g/mol. The van der Waals surface area contributed by atoms with Gasteiger partial charge in [0.15, 0.2) is 5.13 Å². The van der Waals surface area contributed by atoms with Crippen molar-refractivity contribution in [2.75, 3.05) is 25.0 Å². The molecule has 0 radical (unpaired) electrons. The van der Waals surface area contributed by atoms with Crippen LogP contribution in [0.2, 0.25) is 0 Å². The van der Waals surface area contributed by atoms with Crippen molar-refractivity contribution in [3.63, 3.8) is 0 Å².